The fourth-order valence-electron chi connectivity index (χ4n) is 1.30. The Morgan fingerprint density at radius 1 is 1.67 bits per heavy atom. The van der Waals surface area contributed by atoms with E-state index in [1.165, 1.54) is 12.8 Å². The van der Waals surface area contributed by atoms with E-state index in [1.54, 1.807) is 10.8 Å². The van der Waals surface area contributed by atoms with Gasteiger partial charge < -0.3 is 4.74 Å². The van der Waals surface area contributed by atoms with Crippen LogP contribution in [-0.4, -0.2) is 16.2 Å². The van der Waals surface area contributed by atoms with E-state index in [9.17, 15) is 4.79 Å². The van der Waals surface area contributed by atoms with Gasteiger partial charge in [0.15, 0.2) is 0 Å². The van der Waals surface area contributed by atoms with Gasteiger partial charge in [0, 0.05) is 6.20 Å². The summed E-state index contributed by atoms with van der Waals surface area (Å²) in [5, 5.41) is 0. The number of ether oxygens (including phenoxy) is 1. The van der Waals surface area contributed by atoms with E-state index in [-0.39, 0.29) is 5.56 Å². The summed E-state index contributed by atoms with van der Waals surface area (Å²) in [7, 11) is 0. The first kappa shape index (κ1) is 11.1. The Morgan fingerprint density at radius 3 is 3.07 bits per heavy atom. The van der Waals surface area contributed by atoms with Crippen molar-refractivity contribution in [3.63, 3.8) is 0 Å². The molecule has 0 bridgehead atoms. The van der Waals surface area contributed by atoms with Crippen molar-refractivity contribution >= 4 is 22.6 Å². The van der Waals surface area contributed by atoms with Crippen molar-refractivity contribution in [1.29, 1.82) is 0 Å². The standard InChI is InChI=1S/C10H13IN2O2/c1-7-12-4-9(11)10(14)13(7)6-15-5-8-2-3-8/h4,8H,2-3,5-6H2,1H3. The number of aromatic nitrogens is 2. The van der Waals surface area contributed by atoms with Gasteiger partial charge in [-0.1, -0.05) is 0 Å². The van der Waals surface area contributed by atoms with Crippen LogP contribution in [0.3, 0.4) is 0 Å². The molecule has 1 fully saturated rings. The van der Waals surface area contributed by atoms with Gasteiger partial charge in [-0.2, -0.15) is 0 Å². The highest BCUT2D eigenvalue weighted by atomic mass is 127. The number of rotatable bonds is 4. The number of halogens is 1. The normalized spacial score (nSPS) is 15.6. The van der Waals surface area contributed by atoms with Gasteiger partial charge >= 0.3 is 0 Å². The lowest BCUT2D eigenvalue weighted by atomic mass is 10.5. The van der Waals surface area contributed by atoms with Crippen LogP contribution < -0.4 is 5.56 Å². The lowest BCUT2D eigenvalue weighted by molar-refractivity contribution is 0.0645. The molecule has 1 saturated carbocycles. The lowest BCUT2D eigenvalue weighted by Gasteiger charge is -2.09. The minimum atomic E-state index is -0.0149. The van der Waals surface area contributed by atoms with Crippen molar-refractivity contribution in [2.24, 2.45) is 5.92 Å². The van der Waals surface area contributed by atoms with Crippen molar-refractivity contribution in [2.75, 3.05) is 6.61 Å². The third kappa shape index (κ3) is 2.78. The van der Waals surface area contributed by atoms with Crippen LogP contribution in [0.1, 0.15) is 18.7 Å². The largest absolute Gasteiger partial charge is 0.360 e. The summed E-state index contributed by atoms with van der Waals surface area (Å²) in [6, 6.07) is 0. The highest BCUT2D eigenvalue weighted by Crippen LogP contribution is 2.28. The molecule has 1 aliphatic rings. The second kappa shape index (κ2) is 4.61. The van der Waals surface area contributed by atoms with Gasteiger partial charge in [0.1, 0.15) is 12.6 Å². The summed E-state index contributed by atoms with van der Waals surface area (Å²) in [6.07, 6.45) is 4.12. The average molecular weight is 320 g/mol. The molecule has 0 N–H and O–H groups in total. The number of hydrogen-bond acceptors (Lipinski definition) is 3. The second-order valence-electron chi connectivity index (χ2n) is 3.83. The molecule has 0 amide bonds. The van der Waals surface area contributed by atoms with E-state index in [0.29, 0.717) is 16.1 Å². The van der Waals surface area contributed by atoms with Gasteiger partial charge in [-0.15, -0.1) is 0 Å². The number of hydrogen-bond donors (Lipinski definition) is 0. The first-order chi connectivity index (χ1) is 7.18. The Morgan fingerprint density at radius 2 is 2.40 bits per heavy atom. The van der Waals surface area contributed by atoms with E-state index in [0.717, 1.165) is 12.5 Å². The molecule has 0 saturated heterocycles. The average Bonchev–Trinajstić information content (AvgIpc) is 3.01. The maximum Gasteiger partial charge on any atom is 0.268 e. The maximum atomic E-state index is 11.7. The number of nitrogens with zero attached hydrogens (tertiary/aromatic N) is 2. The van der Waals surface area contributed by atoms with Gasteiger partial charge in [-0.05, 0) is 48.3 Å². The summed E-state index contributed by atoms with van der Waals surface area (Å²) in [5.74, 6) is 1.42. The van der Waals surface area contributed by atoms with Gasteiger partial charge in [0.2, 0.25) is 0 Å². The fourth-order valence-corrected chi connectivity index (χ4v) is 1.73. The minimum absolute atomic E-state index is 0.0149. The molecule has 4 nitrogen and oxygen atoms in total. The summed E-state index contributed by atoms with van der Waals surface area (Å²) in [5.41, 5.74) is -0.0149. The van der Waals surface area contributed by atoms with Crippen LogP contribution in [-0.2, 0) is 11.5 Å². The van der Waals surface area contributed by atoms with Crippen LogP contribution in [0.15, 0.2) is 11.0 Å². The van der Waals surface area contributed by atoms with E-state index in [2.05, 4.69) is 4.98 Å². The summed E-state index contributed by atoms with van der Waals surface area (Å²) < 4.78 is 7.69. The molecule has 1 aliphatic carbocycles. The van der Waals surface area contributed by atoms with E-state index >= 15 is 0 Å². The Bertz CT molecular complexity index is 412. The quantitative estimate of drug-likeness (QED) is 0.791. The molecule has 1 heterocycles. The van der Waals surface area contributed by atoms with E-state index in [1.807, 2.05) is 29.5 Å². The van der Waals surface area contributed by atoms with Gasteiger partial charge in [0.25, 0.3) is 5.56 Å². The summed E-state index contributed by atoms with van der Waals surface area (Å²) in [6.45, 7) is 2.90. The second-order valence-corrected chi connectivity index (χ2v) is 4.99. The van der Waals surface area contributed by atoms with Crippen molar-refractivity contribution in [1.82, 2.24) is 9.55 Å². The number of aryl methyl sites for hydroxylation is 1. The summed E-state index contributed by atoms with van der Waals surface area (Å²) in [4.78, 5) is 15.8. The van der Waals surface area contributed by atoms with Crippen LogP contribution in [0.4, 0.5) is 0 Å². The van der Waals surface area contributed by atoms with Crippen molar-refractivity contribution in [3.8, 4) is 0 Å². The molecule has 1 aromatic heterocycles. The SMILES string of the molecule is Cc1ncc(I)c(=O)n1COCC1CC1. The van der Waals surface area contributed by atoms with Gasteiger partial charge in [-0.3, -0.25) is 9.36 Å². The third-order valence-electron chi connectivity index (χ3n) is 2.48. The lowest BCUT2D eigenvalue weighted by Crippen LogP contribution is -2.26. The van der Waals surface area contributed by atoms with Gasteiger partial charge in [-0.25, -0.2) is 4.98 Å². The fraction of sp³-hybridized carbons (Fsp3) is 0.600. The van der Waals surface area contributed by atoms with Gasteiger partial charge in [0.05, 0.1) is 10.2 Å². The molecule has 0 unspecified atom stereocenters. The molecular formula is C10H13IN2O2. The first-order valence-electron chi connectivity index (χ1n) is 4.98. The van der Waals surface area contributed by atoms with Crippen LogP contribution in [0.2, 0.25) is 0 Å². The molecule has 0 atom stereocenters. The zero-order chi connectivity index (χ0) is 10.8. The predicted octanol–water partition coefficient (Wildman–Crippen LogP) is 1.54. The van der Waals surface area contributed by atoms with Crippen LogP contribution in [0, 0.1) is 16.4 Å². The Kier molecular flexibility index (Phi) is 3.40. The highest BCUT2D eigenvalue weighted by Gasteiger charge is 2.21. The zero-order valence-electron chi connectivity index (χ0n) is 8.57. The monoisotopic (exact) mass is 320 g/mol. The third-order valence-corrected chi connectivity index (χ3v) is 3.22. The molecule has 5 heteroatoms. The maximum absolute atomic E-state index is 11.7. The molecule has 1 aromatic rings. The van der Waals surface area contributed by atoms with Crippen molar-refractivity contribution < 1.29 is 4.74 Å². The Balaban J connectivity index is 2.04. The summed E-state index contributed by atoms with van der Waals surface area (Å²) >= 11 is 1.99. The molecular weight excluding hydrogens is 307 g/mol. The highest BCUT2D eigenvalue weighted by molar-refractivity contribution is 14.1. The molecule has 15 heavy (non-hydrogen) atoms. The Labute approximate surface area is 102 Å². The first-order valence-corrected chi connectivity index (χ1v) is 6.06. The van der Waals surface area contributed by atoms with Crippen LogP contribution in [0.25, 0.3) is 0 Å². The molecule has 0 spiro atoms. The molecule has 0 aliphatic heterocycles. The molecule has 0 aromatic carbocycles. The van der Waals surface area contributed by atoms with Crippen molar-refractivity contribution in [3.05, 3.63) is 25.9 Å². The molecule has 2 rings (SSSR count). The smallest absolute Gasteiger partial charge is 0.268 e. The van der Waals surface area contributed by atoms with Crippen molar-refractivity contribution in [2.45, 2.75) is 26.5 Å². The predicted molar refractivity (Wildman–Crippen MR) is 64.6 cm³/mol. The Hall–Kier alpha value is -0.430. The van der Waals surface area contributed by atoms with Crippen LogP contribution >= 0.6 is 22.6 Å². The molecule has 82 valence electrons. The van der Waals surface area contributed by atoms with E-state index in [4.69, 9.17) is 4.74 Å². The van der Waals surface area contributed by atoms with Crippen LogP contribution in [0.5, 0.6) is 0 Å². The zero-order valence-corrected chi connectivity index (χ0v) is 10.7. The van der Waals surface area contributed by atoms with E-state index < -0.39 is 0 Å². The molecule has 0 radical (unpaired) electrons. The topological polar surface area (TPSA) is 44.1 Å². The minimum Gasteiger partial charge on any atom is -0.360 e.